The van der Waals surface area contributed by atoms with E-state index in [1.165, 1.54) is 0 Å². The molecule has 1 amide bonds. The fourth-order valence-electron chi connectivity index (χ4n) is 3.20. The van der Waals surface area contributed by atoms with Crippen LogP contribution in [0.1, 0.15) is 17.3 Å². The second-order valence-corrected chi connectivity index (χ2v) is 6.50. The number of rotatable bonds is 5. The van der Waals surface area contributed by atoms with Gasteiger partial charge in [0.1, 0.15) is 0 Å². The summed E-state index contributed by atoms with van der Waals surface area (Å²) in [5, 5.41) is 14.7. The number of tetrazole rings is 1. The number of morpholine rings is 1. The number of amides is 1. The second-order valence-electron chi connectivity index (χ2n) is 6.50. The van der Waals surface area contributed by atoms with Gasteiger partial charge in [-0.25, -0.2) is 4.68 Å². The Balaban J connectivity index is 1.47. The number of carbonyl (C=O) groups is 1. The van der Waals surface area contributed by atoms with Gasteiger partial charge >= 0.3 is 0 Å². The van der Waals surface area contributed by atoms with Crippen LogP contribution in [0.15, 0.2) is 48.5 Å². The Morgan fingerprint density at radius 2 is 1.93 bits per heavy atom. The zero-order valence-corrected chi connectivity index (χ0v) is 15.7. The second kappa shape index (κ2) is 8.18. The molecule has 28 heavy (non-hydrogen) atoms. The third-order valence-corrected chi connectivity index (χ3v) is 4.72. The van der Waals surface area contributed by atoms with Crippen molar-refractivity contribution in [2.75, 3.05) is 36.5 Å². The van der Waals surface area contributed by atoms with Crippen LogP contribution in [0.3, 0.4) is 0 Å². The SMILES string of the molecule is CCn1nnnc1-c1cccc(C(=O)Nc2ccc(N3CCOCC3)cc2)c1. The zero-order valence-electron chi connectivity index (χ0n) is 15.7. The van der Waals surface area contributed by atoms with E-state index in [4.69, 9.17) is 4.74 Å². The molecule has 1 aromatic heterocycles. The van der Waals surface area contributed by atoms with E-state index >= 15 is 0 Å². The predicted molar refractivity (Wildman–Crippen MR) is 106 cm³/mol. The largest absolute Gasteiger partial charge is 0.378 e. The zero-order chi connectivity index (χ0) is 19.3. The monoisotopic (exact) mass is 378 g/mol. The molecule has 3 aromatic rings. The predicted octanol–water partition coefficient (Wildman–Crippen LogP) is 2.45. The van der Waals surface area contributed by atoms with Crippen molar-refractivity contribution < 1.29 is 9.53 Å². The van der Waals surface area contributed by atoms with Gasteiger partial charge in [-0.2, -0.15) is 0 Å². The quantitative estimate of drug-likeness (QED) is 0.734. The van der Waals surface area contributed by atoms with Crippen LogP contribution in [-0.4, -0.2) is 52.4 Å². The molecular formula is C20H22N6O2. The van der Waals surface area contributed by atoms with E-state index in [9.17, 15) is 4.79 Å². The maximum absolute atomic E-state index is 12.7. The molecule has 0 atom stereocenters. The molecule has 8 nitrogen and oxygen atoms in total. The van der Waals surface area contributed by atoms with Gasteiger partial charge in [-0.1, -0.05) is 12.1 Å². The summed E-state index contributed by atoms with van der Waals surface area (Å²) in [7, 11) is 0. The molecule has 4 rings (SSSR count). The Bertz CT molecular complexity index is 947. The number of ether oxygens (including phenoxy) is 1. The van der Waals surface area contributed by atoms with Crippen molar-refractivity contribution in [2.24, 2.45) is 0 Å². The van der Waals surface area contributed by atoms with E-state index in [1.807, 2.05) is 43.3 Å². The molecule has 0 spiro atoms. The third-order valence-electron chi connectivity index (χ3n) is 4.72. The number of aryl methyl sites for hydroxylation is 1. The van der Waals surface area contributed by atoms with Gasteiger partial charge in [0, 0.05) is 42.1 Å². The van der Waals surface area contributed by atoms with Crippen LogP contribution in [0.2, 0.25) is 0 Å². The van der Waals surface area contributed by atoms with Gasteiger partial charge in [-0.3, -0.25) is 4.79 Å². The van der Waals surface area contributed by atoms with Crippen molar-refractivity contribution in [3.05, 3.63) is 54.1 Å². The molecule has 1 saturated heterocycles. The van der Waals surface area contributed by atoms with Crippen LogP contribution in [-0.2, 0) is 11.3 Å². The first kappa shape index (κ1) is 18.1. The minimum Gasteiger partial charge on any atom is -0.378 e. The molecule has 1 N–H and O–H groups in total. The minimum atomic E-state index is -0.170. The molecule has 0 saturated carbocycles. The van der Waals surface area contributed by atoms with Gasteiger partial charge in [-0.05, 0) is 53.7 Å². The van der Waals surface area contributed by atoms with E-state index in [-0.39, 0.29) is 5.91 Å². The molecule has 144 valence electrons. The molecule has 0 bridgehead atoms. The molecule has 0 aliphatic carbocycles. The number of nitrogens with zero attached hydrogens (tertiary/aromatic N) is 5. The van der Waals surface area contributed by atoms with E-state index < -0.39 is 0 Å². The average molecular weight is 378 g/mol. The van der Waals surface area contributed by atoms with E-state index in [0.29, 0.717) is 17.9 Å². The van der Waals surface area contributed by atoms with Crippen LogP contribution >= 0.6 is 0 Å². The Morgan fingerprint density at radius 1 is 1.14 bits per heavy atom. The number of hydrogen-bond acceptors (Lipinski definition) is 6. The number of nitrogens with one attached hydrogen (secondary N) is 1. The van der Waals surface area contributed by atoms with Crippen molar-refractivity contribution >= 4 is 17.3 Å². The van der Waals surface area contributed by atoms with Gasteiger partial charge in [0.2, 0.25) is 0 Å². The van der Waals surface area contributed by atoms with Crippen molar-refractivity contribution in [3.8, 4) is 11.4 Å². The number of anilines is 2. The molecule has 1 aliphatic heterocycles. The van der Waals surface area contributed by atoms with Gasteiger partial charge in [-0.15, -0.1) is 5.10 Å². The summed E-state index contributed by atoms with van der Waals surface area (Å²) in [5.41, 5.74) is 3.25. The summed E-state index contributed by atoms with van der Waals surface area (Å²) < 4.78 is 7.08. The molecule has 2 aromatic carbocycles. The standard InChI is InChI=1S/C20H22N6O2/c1-2-26-19(22-23-24-26)15-4-3-5-16(14-15)20(27)21-17-6-8-18(9-7-17)25-10-12-28-13-11-25/h3-9,14H,2,10-13H2,1H3,(H,21,27). The van der Waals surface area contributed by atoms with Crippen LogP contribution < -0.4 is 10.2 Å². The molecule has 8 heteroatoms. The molecule has 1 fully saturated rings. The van der Waals surface area contributed by atoms with Crippen LogP contribution in [0, 0.1) is 0 Å². The maximum Gasteiger partial charge on any atom is 0.255 e. The fourth-order valence-corrected chi connectivity index (χ4v) is 3.20. The Labute approximate surface area is 163 Å². The summed E-state index contributed by atoms with van der Waals surface area (Å²) in [6.07, 6.45) is 0. The summed E-state index contributed by atoms with van der Waals surface area (Å²) >= 11 is 0. The summed E-state index contributed by atoms with van der Waals surface area (Å²) in [6.45, 7) is 5.89. The first-order valence-electron chi connectivity index (χ1n) is 9.35. The van der Waals surface area contributed by atoms with E-state index in [0.717, 1.165) is 43.2 Å². The summed E-state index contributed by atoms with van der Waals surface area (Å²) in [6, 6.07) is 15.2. The topological polar surface area (TPSA) is 85.2 Å². The van der Waals surface area contributed by atoms with Crippen LogP contribution in [0.25, 0.3) is 11.4 Å². The normalized spacial score (nSPS) is 14.1. The number of benzene rings is 2. The van der Waals surface area contributed by atoms with Crippen molar-refractivity contribution in [1.82, 2.24) is 20.2 Å². The maximum atomic E-state index is 12.7. The number of carbonyl (C=O) groups excluding carboxylic acids is 1. The Morgan fingerprint density at radius 3 is 2.68 bits per heavy atom. The molecule has 0 unspecified atom stereocenters. The first-order chi connectivity index (χ1) is 13.7. The third kappa shape index (κ3) is 3.86. The minimum absolute atomic E-state index is 0.170. The fraction of sp³-hybridized carbons (Fsp3) is 0.300. The highest BCUT2D eigenvalue weighted by atomic mass is 16.5. The van der Waals surface area contributed by atoms with Crippen LogP contribution in [0.5, 0.6) is 0 Å². The lowest BCUT2D eigenvalue weighted by Gasteiger charge is -2.28. The highest BCUT2D eigenvalue weighted by molar-refractivity contribution is 6.04. The first-order valence-corrected chi connectivity index (χ1v) is 9.35. The van der Waals surface area contributed by atoms with Crippen molar-refractivity contribution in [3.63, 3.8) is 0 Å². The Hall–Kier alpha value is -3.26. The number of aromatic nitrogens is 4. The summed E-state index contributed by atoms with van der Waals surface area (Å²) in [5.74, 6) is 0.475. The molecule has 0 radical (unpaired) electrons. The smallest absolute Gasteiger partial charge is 0.255 e. The van der Waals surface area contributed by atoms with Crippen LogP contribution in [0.4, 0.5) is 11.4 Å². The lowest BCUT2D eigenvalue weighted by atomic mass is 10.1. The highest BCUT2D eigenvalue weighted by Crippen LogP contribution is 2.21. The van der Waals surface area contributed by atoms with Gasteiger partial charge in [0.05, 0.1) is 13.2 Å². The van der Waals surface area contributed by atoms with Crippen molar-refractivity contribution in [1.29, 1.82) is 0 Å². The van der Waals surface area contributed by atoms with E-state index in [2.05, 4.69) is 25.7 Å². The van der Waals surface area contributed by atoms with Gasteiger partial charge in [0.15, 0.2) is 5.82 Å². The van der Waals surface area contributed by atoms with Gasteiger partial charge < -0.3 is 15.0 Å². The van der Waals surface area contributed by atoms with Gasteiger partial charge in [0.25, 0.3) is 5.91 Å². The highest BCUT2D eigenvalue weighted by Gasteiger charge is 2.13. The van der Waals surface area contributed by atoms with Crippen molar-refractivity contribution in [2.45, 2.75) is 13.5 Å². The number of hydrogen-bond donors (Lipinski definition) is 1. The van der Waals surface area contributed by atoms with E-state index in [1.54, 1.807) is 16.8 Å². The lowest BCUT2D eigenvalue weighted by Crippen LogP contribution is -2.36. The lowest BCUT2D eigenvalue weighted by molar-refractivity contribution is 0.102. The molecule has 2 heterocycles. The summed E-state index contributed by atoms with van der Waals surface area (Å²) in [4.78, 5) is 15.0. The molecular weight excluding hydrogens is 356 g/mol. The average Bonchev–Trinajstić information content (AvgIpc) is 3.24. The Kier molecular flexibility index (Phi) is 5.29. The molecule has 1 aliphatic rings.